The molecule has 1 rings (SSSR count). The van der Waals surface area contributed by atoms with Crippen LogP contribution in [0.2, 0.25) is 0 Å². The van der Waals surface area contributed by atoms with Crippen LogP contribution in [0.25, 0.3) is 0 Å². The lowest BCUT2D eigenvalue weighted by Gasteiger charge is -2.30. The molecule has 0 radical (unpaired) electrons. The molecule has 1 atom stereocenters. The van der Waals surface area contributed by atoms with E-state index >= 15 is 0 Å². The smallest absolute Gasteiger partial charge is 0.137 e. The Labute approximate surface area is 67.7 Å². The zero-order chi connectivity index (χ0) is 8.32. The van der Waals surface area contributed by atoms with Crippen LogP contribution >= 0.6 is 0 Å². The molecule has 3 nitrogen and oxygen atoms in total. The summed E-state index contributed by atoms with van der Waals surface area (Å²) in [6, 6.07) is 0. The molecule has 0 bridgehead atoms. The molecule has 1 saturated heterocycles. The summed E-state index contributed by atoms with van der Waals surface area (Å²) in [5.41, 5.74) is -0.670. The molecular weight excluding hydrogens is 142 g/mol. The standard InChI is InChI=1S/C8H17NO2/c1-3-8(10,4-2)7-9-5-6-11-7/h7,9-10H,3-6H2,1-2H3. The number of aliphatic hydroxyl groups is 1. The lowest BCUT2D eigenvalue weighted by molar-refractivity contribution is -0.0972. The molecule has 2 N–H and O–H groups in total. The molecule has 1 unspecified atom stereocenters. The fraction of sp³-hybridized carbons (Fsp3) is 1.00. The van der Waals surface area contributed by atoms with Crippen molar-refractivity contribution in [2.24, 2.45) is 0 Å². The summed E-state index contributed by atoms with van der Waals surface area (Å²) in [5, 5.41) is 13.1. The van der Waals surface area contributed by atoms with E-state index in [4.69, 9.17) is 4.74 Å². The number of nitrogens with one attached hydrogen (secondary N) is 1. The van der Waals surface area contributed by atoms with E-state index in [1.165, 1.54) is 0 Å². The second kappa shape index (κ2) is 3.52. The number of ether oxygens (including phenoxy) is 1. The van der Waals surface area contributed by atoms with Gasteiger partial charge in [0, 0.05) is 6.54 Å². The summed E-state index contributed by atoms with van der Waals surface area (Å²) in [6.07, 6.45) is 1.32. The zero-order valence-corrected chi connectivity index (χ0v) is 7.26. The van der Waals surface area contributed by atoms with Gasteiger partial charge in [0.05, 0.1) is 6.61 Å². The van der Waals surface area contributed by atoms with Crippen LogP contribution < -0.4 is 5.32 Å². The van der Waals surface area contributed by atoms with Gasteiger partial charge in [-0.25, -0.2) is 0 Å². The van der Waals surface area contributed by atoms with E-state index in [1.807, 2.05) is 13.8 Å². The maximum atomic E-state index is 9.94. The average Bonchev–Trinajstić information content (AvgIpc) is 2.55. The average molecular weight is 159 g/mol. The lowest BCUT2D eigenvalue weighted by Crippen LogP contribution is -2.47. The molecule has 11 heavy (non-hydrogen) atoms. The fourth-order valence-electron chi connectivity index (χ4n) is 1.39. The topological polar surface area (TPSA) is 41.5 Å². The van der Waals surface area contributed by atoms with Crippen molar-refractivity contribution < 1.29 is 9.84 Å². The SMILES string of the molecule is CCC(O)(CC)C1NCCO1. The van der Waals surface area contributed by atoms with Crippen LogP contribution in [0, 0.1) is 0 Å². The quantitative estimate of drug-likeness (QED) is 0.629. The van der Waals surface area contributed by atoms with Crippen LogP contribution in [-0.4, -0.2) is 30.1 Å². The summed E-state index contributed by atoms with van der Waals surface area (Å²) < 4.78 is 5.34. The Balaban J connectivity index is 2.52. The van der Waals surface area contributed by atoms with Gasteiger partial charge in [-0.05, 0) is 12.8 Å². The molecule has 1 fully saturated rings. The second-order valence-electron chi connectivity index (χ2n) is 3.02. The fourth-order valence-corrected chi connectivity index (χ4v) is 1.39. The Morgan fingerprint density at radius 2 is 2.18 bits per heavy atom. The zero-order valence-electron chi connectivity index (χ0n) is 7.26. The summed E-state index contributed by atoms with van der Waals surface area (Å²) in [4.78, 5) is 0. The van der Waals surface area contributed by atoms with Gasteiger partial charge in [-0.1, -0.05) is 13.8 Å². The Morgan fingerprint density at radius 3 is 2.55 bits per heavy atom. The Kier molecular flexibility index (Phi) is 2.87. The summed E-state index contributed by atoms with van der Waals surface area (Å²) >= 11 is 0. The molecule has 0 amide bonds. The van der Waals surface area contributed by atoms with Crippen molar-refractivity contribution in [2.45, 2.75) is 38.5 Å². The highest BCUT2D eigenvalue weighted by Gasteiger charge is 2.35. The van der Waals surface area contributed by atoms with Crippen molar-refractivity contribution in [1.82, 2.24) is 5.32 Å². The first kappa shape index (κ1) is 8.97. The van der Waals surface area contributed by atoms with E-state index in [0.717, 1.165) is 19.4 Å². The lowest BCUT2D eigenvalue weighted by atomic mass is 9.95. The summed E-state index contributed by atoms with van der Waals surface area (Å²) in [6.45, 7) is 5.53. The third kappa shape index (κ3) is 1.72. The first-order valence-corrected chi connectivity index (χ1v) is 4.30. The van der Waals surface area contributed by atoms with E-state index in [2.05, 4.69) is 5.32 Å². The largest absolute Gasteiger partial charge is 0.386 e. The van der Waals surface area contributed by atoms with Crippen molar-refractivity contribution in [3.05, 3.63) is 0 Å². The molecule has 0 saturated carbocycles. The number of hydrogen-bond donors (Lipinski definition) is 2. The molecule has 66 valence electrons. The summed E-state index contributed by atoms with van der Waals surface area (Å²) in [5.74, 6) is 0. The van der Waals surface area contributed by atoms with Crippen molar-refractivity contribution in [2.75, 3.05) is 13.2 Å². The highest BCUT2D eigenvalue weighted by molar-refractivity contribution is 4.85. The van der Waals surface area contributed by atoms with Gasteiger partial charge < -0.3 is 9.84 Å². The minimum Gasteiger partial charge on any atom is -0.386 e. The van der Waals surface area contributed by atoms with Crippen molar-refractivity contribution in [3.63, 3.8) is 0 Å². The van der Waals surface area contributed by atoms with Crippen LogP contribution in [0.3, 0.4) is 0 Å². The predicted molar refractivity (Wildman–Crippen MR) is 43.3 cm³/mol. The highest BCUT2D eigenvalue weighted by atomic mass is 16.5. The molecule has 0 aliphatic carbocycles. The predicted octanol–water partition coefficient (Wildman–Crippen LogP) is 0.483. The van der Waals surface area contributed by atoms with Crippen molar-refractivity contribution in [1.29, 1.82) is 0 Å². The third-order valence-corrected chi connectivity index (χ3v) is 2.43. The van der Waals surface area contributed by atoms with Crippen LogP contribution in [-0.2, 0) is 4.74 Å². The van der Waals surface area contributed by atoms with Gasteiger partial charge in [0.25, 0.3) is 0 Å². The van der Waals surface area contributed by atoms with Gasteiger partial charge in [0.15, 0.2) is 0 Å². The Hall–Kier alpha value is -0.120. The van der Waals surface area contributed by atoms with Gasteiger partial charge in [-0.2, -0.15) is 0 Å². The minimum absolute atomic E-state index is 0.155. The maximum Gasteiger partial charge on any atom is 0.137 e. The van der Waals surface area contributed by atoms with E-state index in [9.17, 15) is 5.11 Å². The van der Waals surface area contributed by atoms with Gasteiger partial charge in [-0.15, -0.1) is 0 Å². The molecule has 0 aromatic heterocycles. The molecule has 1 aliphatic rings. The van der Waals surface area contributed by atoms with Crippen LogP contribution in [0.4, 0.5) is 0 Å². The van der Waals surface area contributed by atoms with Crippen LogP contribution in [0.15, 0.2) is 0 Å². The maximum absolute atomic E-state index is 9.94. The molecule has 3 heteroatoms. The minimum atomic E-state index is -0.670. The number of hydrogen-bond acceptors (Lipinski definition) is 3. The Morgan fingerprint density at radius 1 is 1.55 bits per heavy atom. The monoisotopic (exact) mass is 159 g/mol. The van der Waals surface area contributed by atoms with Gasteiger partial charge in [0.1, 0.15) is 11.8 Å². The number of rotatable bonds is 3. The third-order valence-electron chi connectivity index (χ3n) is 2.43. The van der Waals surface area contributed by atoms with E-state index in [0.29, 0.717) is 6.61 Å². The van der Waals surface area contributed by atoms with Gasteiger partial charge in [-0.3, -0.25) is 5.32 Å². The van der Waals surface area contributed by atoms with Gasteiger partial charge >= 0.3 is 0 Å². The molecule has 0 aromatic carbocycles. The van der Waals surface area contributed by atoms with Crippen molar-refractivity contribution >= 4 is 0 Å². The molecule has 1 aliphatic heterocycles. The summed E-state index contributed by atoms with van der Waals surface area (Å²) in [7, 11) is 0. The van der Waals surface area contributed by atoms with E-state index in [1.54, 1.807) is 0 Å². The van der Waals surface area contributed by atoms with Gasteiger partial charge in [0.2, 0.25) is 0 Å². The highest BCUT2D eigenvalue weighted by Crippen LogP contribution is 2.22. The molecular formula is C8H17NO2. The molecule has 0 spiro atoms. The second-order valence-corrected chi connectivity index (χ2v) is 3.02. The molecule has 0 aromatic rings. The van der Waals surface area contributed by atoms with Crippen LogP contribution in [0.1, 0.15) is 26.7 Å². The van der Waals surface area contributed by atoms with E-state index in [-0.39, 0.29) is 6.23 Å². The molecule has 1 heterocycles. The Bertz CT molecular complexity index is 117. The van der Waals surface area contributed by atoms with E-state index < -0.39 is 5.60 Å². The van der Waals surface area contributed by atoms with Crippen LogP contribution in [0.5, 0.6) is 0 Å². The van der Waals surface area contributed by atoms with Crippen molar-refractivity contribution in [3.8, 4) is 0 Å². The normalized spacial score (nSPS) is 25.9. The first-order chi connectivity index (χ1) is 5.23. The first-order valence-electron chi connectivity index (χ1n) is 4.30.